The van der Waals surface area contributed by atoms with Crippen molar-refractivity contribution in [2.45, 2.75) is 32.5 Å². The van der Waals surface area contributed by atoms with Crippen molar-refractivity contribution in [1.82, 2.24) is 9.47 Å². The van der Waals surface area contributed by atoms with Crippen LogP contribution in [0.1, 0.15) is 44.0 Å². The van der Waals surface area contributed by atoms with E-state index in [1.165, 1.54) is 12.1 Å². The first kappa shape index (κ1) is 28.0. The fourth-order valence-corrected chi connectivity index (χ4v) is 5.09. The summed E-state index contributed by atoms with van der Waals surface area (Å²) >= 11 is 0. The van der Waals surface area contributed by atoms with Gasteiger partial charge in [0.2, 0.25) is 0 Å². The molecule has 0 aliphatic rings. The van der Waals surface area contributed by atoms with Crippen molar-refractivity contribution in [2.75, 3.05) is 13.6 Å². The predicted molar refractivity (Wildman–Crippen MR) is 152 cm³/mol. The van der Waals surface area contributed by atoms with Crippen LogP contribution in [0.4, 0.5) is 13.2 Å². The molecular weight excluding hydrogens is 529 g/mol. The number of furan rings is 1. The van der Waals surface area contributed by atoms with Crippen molar-refractivity contribution in [3.63, 3.8) is 0 Å². The van der Waals surface area contributed by atoms with Gasteiger partial charge in [0.15, 0.2) is 5.78 Å². The van der Waals surface area contributed by atoms with Crippen molar-refractivity contribution >= 4 is 22.7 Å². The number of hydrogen-bond acceptors (Lipinski definition) is 3. The van der Waals surface area contributed by atoms with E-state index in [-0.39, 0.29) is 18.1 Å². The minimum atomic E-state index is -4.47. The van der Waals surface area contributed by atoms with Gasteiger partial charge in [0.25, 0.3) is 5.91 Å². The van der Waals surface area contributed by atoms with E-state index in [4.69, 9.17) is 4.42 Å². The molecule has 2 aromatic heterocycles. The summed E-state index contributed by atoms with van der Waals surface area (Å²) in [5.74, 6) is -0.350. The fourth-order valence-electron chi connectivity index (χ4n) is 5.09. The largest absolute Gasteiger partial charge is 0.464 e. The maximum atomic E-state index is 13.3. The topological polar surface area (TPSA) is 55.5 Å². The van der Waals surface area contributed by atoms with Crippen LogP contribution in [-0.4, -0.2) is 34.7 Å². The number of fused-ring (bicyclic) bond motifs is 1. The standard InChI is InChI=1S/C33H29F3N2O3/c1-22-28(30(39)19-23-8-6-11-27(18-23)33(34,35)36)21-29(24-9-4-3-5-10-24)38(22)16-7-15-37(2)32(40)26-12-13-31-25(20-26)14-17-41-31/h3-6,8-14,17-18,20-21H,7,15-16,19H2,1-2H3. The summed E-state index contributed by atoms with van der Waals surface area (Å²) in [6.07, 6.45) is -2.39. The SMILES string of the molecule is Cc1c(C(=O)Cc2cccc(C(F)(F)F)c2)cc(-c2ccccc2)n1CCCN(C)C(=O)c1ccc2occc2c1. The van der Waals surface area contributed by atoms with Gasteiger partial charge in [0, 0.05) is 54.5 Å². The molecule has 5 nitrogen and oxygen atoms in total. The zero-order chi connectivity index (χ0) is 29.1. The molecule has 0 saturated heterocycles. The number of nitrogens with zero attached hydrogens (tertiary/aromatic N) is 2. The highest BCUT2D eigenvalue weighted by atomic mass is 19.4. The number of Topliss-reactive ketones (excluding diaryl/α,β-unsaturated/α-hetero) is 1. The van der Waals surface area contributed by atoms with Gasteiger partial charge in [-0.3, -0.25) is 9.59 Å². The first-order valence-corrected chi connectivity index (χ1v) is 13.3. The maximum Gasteiger partial charge on any atom is 0.416 e. The monoisotopic (exact) mass is 558 g/mol. The number of carbonyl (C=O) groups is 2. The second-order valence-electron chi connectivity index (χ2n) is 10.1. The van der Waals surface area contributed by atoms with Crippen LogP contribution in [0.25, 0.3) is 22.2 Å². The molecule has 3 aromatic carbocycles. The Bertz CT molecular complexity index is 1700. The first-order chi connectivity index (χ1) is 19.6. The summed E-state index contributed by atoms with van der Waals surface area (Å²) in [5, 5.41) is 0.863. The number of carbonyl (C=O) groups excluding carboxylic acids is 2. The molecule has 0 fully saturated rings. The van der Waals surface area contributed by atoms with Crippen LogP contribution in [-0.2, 0) is 19.1 Å². The zero-order valence-electron chi connectivity index (χ0n) is 22.7. The molecule has 0 unspecified atom stereocenters. The molecule has 0 N–H and O–H groups in total. The third-order valence-corrected chi connectivity index (χ3v) is 7.28. The normalized spacial score (nSPS) is 11.6. The lowest BCUT2D eigenvalue weighted by Crippen LogP contribution is -2.28. The van der Waals surface area contributed by atoms with Crippen molar-refractivity contribution in [3.05, 3.63) is 119 Å². The van der Waals surface area contributed by atoms with E-state index >= 15 is 0 Å². The van der Waals surface area contributed by atoms with Gasteiger partial charge in [0.1, 0.15) is 5.58 Å². The highest BCUT2D eigenvalue weighted by Gasteiger charge is 2.30. The molecule has 0 aliphatic carbocycles. The van der Waals surface area contributed by atoms with Gasteiger partial charge in [-0.05, 0) is 60.9 Å². The summed E-state index contributed by atoms with van der Waals surface area (Å²) in [4.78, 5) is 28.0. The second-order valence-corrected chi connectivity index (χ2v) is 10.1. The summed E-state index contributed by atoms with van der Waals surface area (Å²) < 4.78 is 47.0. The van der Waals surface area contributed by atoms with Crippen LogP contribution in [0.2, 0.25) is 0 Å². The third-order valence-electron chi connectivity index (χ3n) is 7.28. The van der Waals surface area contributed by atoms with Crippen molar-refractivity contribution in [1.29, 1.82) is 0 Å². The Morgan fingerprint density at radius 1 is 0.927 bits per heavy atom. The van der Waals surface area contributed by atoms with Gasteiger partial charge in [0.05, 0.1) is 11.8 Å². The molecule has 0 atom stereocenters. The lowest BCUT2D eigenvalue weighted by Gasteiger charge is -2.19. The minimum Gasteiger partial charge on any atom is -0.464 e. The van der Waals surface area contributed by atoms with Gasteiger partial charge >= 0.3 is 6.18 Å². The van der Waals surface area contributed by atoms with Crippen molar-refractivity contribution < 1.29 is 27.2 Å². The summed E-state index contributed by atoms with van der Waals surface area (Å²) in [7, 11) is 1.76. The van der Waals surface area contributed by atoms with E-state index in [2.05, 4.69) is 0 Å². The minimum absolute atomic E-state index is 0.0995. The van der Waals surface area contributed by atoms with E-state index in [1.54, 1.807) is 30.3 Å². The fraction of sp³-hybridized carbons (Fsp3) is 0.212. The molecule has 0 spiro atoms. The Labute approximate surface area is 235 Å². The maximum absolute atomic E-state index is 13.3. The van der Waals surface area contributed by atoms with Crippen LogP contribution >= 0.6 is 0 Å². The molecule has 2 heterocycles. The summed E-state index contributed by atoms with van der Waals surface area (Å²) in [6, 6.07) is 23.5. The Hall–Kier alpha value is -4.59. The Kier molecular flexibility index (Phi) is 7.83. The molecule has 5 aromatic rings. The number of ketones is 1. The van der Waals surface area contributed by atoms with Gasteiger partial charge in [-0.2, -0.15) is 13.2 Å². The van der Waals surface area contributed by atoms with Crippen molar-refractivity contribution in [3.8, 4) is 11.3 Å². The van der Waals surface area contributed by atoms with Crippen molar-refractivity contribution in [2.24, 2.45) is 0 Å². The quantitative estimate of drug-likeness (QED) is 0.173. The highest BCUT2D eigenvalue weighted by Crippen LogP contribution is 2.31. The Balaban J connectivity index is 1.34. The molecule has 5 rings (SSSR count). The third kappa shape index (κ3) is 6.11. The average Bonchev–Trinajstić information content (AvgIpc) is 3.56. The molecule has 8 heteroatoms. The number of halogens is 3. The van der Waals surface area contributed by atoms with Crippen LogP contribution in [0.5, 0.6) is 0 Å². The highest BCUT2D eigenvalue weighted by molar-refractivity contribution is 6.00. The lowest BCUT2D eigenvalue weighted by molar-refractivity contribution is -0.137. The van der Waals surface area contributed by atoms with Gasteiger partial charge in [-0.25, -0.2) is 0 Å². The van der Waals surface area contributed by atoms with E-state index in [0.717, 1.165) is 40.1 Å². The first-order valence-electron chi connectivity index (χ1n) is 13.3. The van der Waals surface area contributed by atoms with E-state index in [1.807, 2.05) is 60.0 Å². The van der Waals surface area contributed by atoms with Gasteiger partial charge in [-0.15, -0.1) is 0 Å². The van der Waals surface area contributed by atoms with Gasteiger partial charge in [-0.1, -0.05) is 48.5 Å². The molecule has 0 aliphatic heterocycles. The number of aromatic nitrogens is 1. The average molecular weight is 559 g/mol. The Morgan fingerprint density at radius 3 is 2.46 bits per heavy atom. The molecule has 41 heavy (non-hydrogen) atoms. The second kappa shape index (κ2) is 11.5. The van der Waals surface area contributed by atoms with Gasteiger partial charge < -0.3 is 13.9 Å². The molecule has 0 saturated carbocycles. The molecule has 0 bridgehead atoms. The zero-order valence-corrected chi connectivity index (χ0v) is 22.7. The molecule has 0 radical (unpaired) electrons. The molecule has 210 valence electrons. The summed E-state index contributed by atoms with van der Waals surface area (Å²) in [5.41, 5.74) is 3.81. The van der Waals surface area contributed by atoms with E-state index in [0.29, 0.717) is 36.2 Å². The number of rotatable bonds is 9. The van der Waals surface area contributed by atoms with E-state index in [9.17, 15) is 22.8 Å². The number of amides is 1. The number of alkyl halides is 3. The van der Waals surface area contributed by atoms with Crippen LogP contribution in [0, 0.1) is 6.92 Å². The van der Waals surface area contributed by atoms with Crippen LogP contribution in [0.15, 0.2) is 95.6 Å². The van der Waals surface area contributed by atoms with E-state index < -0.39 is 11.7 Å². The smallest absolute Gasteiger partial charge is 0.416 e. The Morgan fingerprint density at radius 2 is 1.71 bits per heavy atom. The lowest BCUT2D eigenvalue weighted by atomic mass is 10.0. The molecular formula is C33H29F3N2O3. The molecule has 1 amide bonds. The summed E-state index contributed by atoms with van der Waals surface area (Å²) in [6.45, 7) is 2.88. The number of benzene rings is 3. The predicted octanol–water partition coefficient (Wildman–Crippen LogP) is 7.82. The van der Waals surface area contributed by atoms with Crippen LogP contribution < -0.4 is 0 Å². The van der Waals surface area contributed by atoms with Crippen LogP contribution in [0.3, 0.4) is 0 Å². The number of hydrogen-bond donors (Lipinski definition) is 0.